The summed E-state index contributed by atoms with van der Waals surface area (Å²) in [6.45, 7) is 2.33. The van der Waals surface area contributed by atoms with E-state index in [0.717, 1.165) is 11.1 Å². The van der Waals surface area contributed by atoms with Gasteiger partial charge in [-0.1, -0.05) is 36.4 Å². The highest BCUT2D eigenvalue weighted by Crippen LogP contribution is 2.22. The van der Waals surface area contributed by atoms with E-state index in [4.69, 9.17) is 4.74 Å². The molecule has 0 saturated heterocycles. The topological polar surface area (TPSA) is 84.8 Å². The van der Waals surface area contributed by atoms with Gasteiger partial charge in [-0.15, -0.1) is 0 Å². The zero-order valence-electron chi connectivity index (χ0n) is 13.7. The summed E-state index contributed by atoms with van der Waals surface area (Å²) in [7, 11) is -3.55. The van der Waals surface area contributed by atoms with E-state index >= 15 is 0 Å². The molecule has 0 radical (unpaired) electrons. The summed E-state index contributed by atoms with van der Waals surface area (Å²) in [6, 6.07) is 14.3. The molecular formula is C18H18N2O4S. The first-order valence-corrected chi connectivity index (χ1v) is 9.32. The van der Waals surface area contributed by atoms with Crippen LogP contribution >= 0.6 is 0 Å². The van der Waals surface area contributed by atoms with Gasteiger partial charge in [0.2, 0.25) is 0 Å². The number of aryl methyl sites for hydroxylation is 1. The molecule has 1 aliphatic heterocycles. The average molecular weight is 358 g/mol. The summed E-state index contributed by atoms with van der Waals surface area (Å²) in [5.41, 5.74) is 2.54. The quantitative estimate of drug-likeness (QED) is 0.830. The van der Waals surface area contributed by atoms with E-state index in [-0.39, 0.29) is 36.3 Å². The zero-order valence-corrected chi connectivity index (χ0v) is 14.5. The summed E-state index contributed by atoms with van der Waals surface area (Å²) < 4.78 is 31.6. The number of benzene rings is 2. The van der Waals surface area contributed by atoms with Gasteiger partial charge in [-0.25, -0.2) is 8.42 Å². The first-order chi connectivity index (χ1) is 12.0. The number of rotatable bonds is 5. The second kappa shape index (κ2) is 7.06. The minimum atomic E-state index is -3.55. The van der Waals surface area contributed by atoms with Crippen LogP contribution in [-0.2, 0) is 26.2 Å². The lowest BCUT2D eigenvalue weighted by atomic mass is 10.1. The van der Waals surface area contributed by atoms with Gasteiger partial charge < -0.3 is 4.74 Å². The van der Waals surface area contributed by atoms with Crippen molar-refractivity contribution in [3.05, 3.63) is 65.2 Å². The van der Waals surface area contributed by atoms with E-state index in [2.05, 4.69) is 9.71 Å². The van der Waals surface area contributed by atoms with Gasteiger partial charge in [-0.2, -0.15) is 0 Å². The summed E-state index contributed by atoms with van der Waals surface area (Å²) in [5, 5.41) is 0. The van der Waals surface area contributed by atoms with Gasteiger partial charge in [0.15, 0.2) is 0 Å². The summed E-state index contributed by atoms with van der Waals surface area (Å²) >= 11 is 0. The number of carbonyl (C=O) groups is 1. The van der Waals surface area contributed by atoms with Crippen molar-refractivity contribution in [3.8, 4) is 0 Å². The van der Waals surface area contributed by atoms with E-state index in [1.165, 1.54) is 6.07 Å². The van der Waals surface area contributed by atoms with Crippen LogP contribution in [0, 0.1) is 6.92 Å². The Morgan fingerprint density at radius 1 is 1.12 bits per heavy atom. The zero-order chi connectivity index (χ0) is 17.9. The molecule has 1 N–H and O–H groups in total. The lowest BCUT2D eigenvalue weighted by Gasteiger charge is -2.06. The standard InChI is InChI=1S/C18H18N2O4S/c1-13-6-2-3-7-14(13)12-24-17(21)10-11-19-18-15-8-4-5-9-16(15)25(22,23)20-18/h2-9H,10-12H2,1H3,(H,19,20). The molecule has 0 fully saturated rings. The Balaban J connectivity index is 1.57. The normalized spacial score (nSPS) is 16.3. The summed E-state index contributed by atoms with van der Waals surface area (Å²) in [6.07, 6.45) is 0.0826. The molecule has 25 heavy (non-hydrogen) atoms. The Kier molecular flexibility index (Phi) is 4.85. The van der Waals surface area contributed by atoms with Crippen LogP contribution in [0.5, 0.6) is 0 Å². The molecule has 0 unspecified atom stereocenters. The van der Waals surface area contributed by atoms with E-state index in [1.54, 1.807) is 18.2 Å². The Hall–Kier alpha value is -2.67. The molecule has 6 nitrogen and oxygen atoms in total. The smallest absolute Gasteiger partial charge is 0.308 e. The average Bonchev–Trinajstić information content (AvgIpc) is 2.85. The number of hydrogen-bond donors (Lipinski definition) is 1. The number of fused-ring (bicyclic) bond motifs is 1. The maximum atomic E-state index is 12.0. The number of nitrogens with zero attached hydrogens (tertiary/aromatic N) is 1. The van der Waals surface area contributed by atoms with Crippen molar-refractivity contribution in [2.45, 2.75) is 24.8 Å². The Morgan fingerprint density at radius 3 is 2.64 bits per heavy atom. The van der Waals surface area contributed by atoms with Gasteiger partial charge >= 0.3 is 5.97 Å². The maximum Gasteiger partial charge on any atom is 0.308 e. The first kappa shape index (κ1) is 17.2. The Morgan fingerprint density at radius 2 is 1.84 bits per heavy atom. The van der Waals surface area contributed by atoms with Crippen LogP contribution in [0.4, 0.5) is 0 Å². The lowest BCUT2D eigenvalue weighted by Crippen LogP contribution is -2.22. The molecule has 130 valence electrons. The fourth-order valence-corrected chi connectivity index (χ4v) is 3.76. The van der Waals surface area contributed by atoms with Crippen molar-refractivity contribution in [1.82, 2.24) is 4.72 Å². The number of sulfonamides is 1. The van der Waals surface area contributed by atoms with Crippen molar-refractivity contribution in [2.75, 3.05) is 6.54 Å². The van der Waals surface area contributed by atoms with E-state index < -0.39 is 10.0 Å². The van der Waals surface area contributed by atoms with Crippen LogP contribution in [0.15, 0.2) is 58.4 Å². The molecular weight excluding hydrogens is 340 g/mol. The van der Waals surface area contributed by atoms with Crippen molar-refractivity contribution >= 4 is 21.8 Å². The van der Waals surface area contributed by atoms with Gasteiger partial charge in [0.25, 0.3) is 10.0 Å². The number of esters is 1. The maximum absolute atomic E-state index is 12.0. The number of hydrogen-bond acceptors (Lipinski definition) is 5. The fourth-order valence-electron chi connectivity index (χ4n) is 2.51. The molecule has 3 rings (SSSR count). The van der Waals surface area contributed by atoms with Crippen molar-refractivity contribution in [3.63, 3.8) is 0 Å². The summed E-state index contributed by atoms with van der Waals surface area (Å²) in [5.74, 6) is -0.107. The highest BCUT2D eigenvalue weighted by molar-refractivity contribution is 7.90. The van der Waals surface area contributed by atoms with Gasteiger partial charge in [0.1, 0.15) is 12.4 Å². The molecule has 1 aliphatic rings. The highest BCUT2D eigenvalue weighted by atomic mass is 32.2. The Bertz CT molecular complexity index is 936. The van der Waals surface area contributed by atoms with E-state index in [1.807, 2.05) is 31.2 Å². The van der Waals surface area contributed by atoms with Crippen LogP contribution in [0.1, 0.15) is 23.1 Å². The van der Waals surface area contributed by atoms with Crippen molar-refractivity contribution in [1.29, 1.82) is 0 Å². The third kappa shape index (κ3) is 3.88. The molecule has 0 bridgehead atoms. The monoisotopic (exact) mass is 358 g/mol. The molecule has 0 aliphatic carbocycles. The molecule has 2 aromatic carbocycles. The number of aliphatic imine (C=N–C) groups is 1. The fraction of sp³-hybridized carbons (Fsp3) is 0.222. The molecule has 0 amide bonds. The number of nitrogens with one attached hydrogen (secondary N) is 1. The van der Waals surface area contributed by atoms with Crippen molar-refractivity contribution in [2.24, 2.45) is 4.99 Å². The number of amidine groups is 1. The van der Waals surface area contributed by atoms with E-state index in [9.17, 15) is 13.2 Å². The van der Waals surface area contributed by atoms with Crippen LogP contribution in [-0.4, -0.2) is 26.8 Å². The molecule has 0 spiro atoms. The number of ether oxygens (including phenoxy) is 1. The SMILES string of the molecule is Cc1ccccc1COC(=O)CCN=C1NS(=O)(=O)c2ccccc21. The highest BCUT2D eigenvalue weighted by Gasteiger charge is 2.29. The van der Waals surface area contributed by atoms with Crippen LogP contribution in [0.3, 0.4) is 0 Å². The third-order valence-electron chi connectivity index (χ3n) is 3.90. The molecule has 1 heterocycles. The largest absolute Gasteiger partial charge is 0.461 e. The molecule has 2 aromatic rings. The van der Waals surface area contributed by atoms with Crippen molar-refractivity contribution < 1.29 is 17.9 Å². The number of carbonyl (C=O) groups excluding carboxylic acids is 1. The van der Waals surface area contributed by atoms with Gasteiger partial charge in [-0.05, 0) is 30.2 Å². The van der Waals surface area contributed by atoms with Gasteiger partial charge in [-0.3, -0.25) is 14.5 Å². The van der Waals surface area contributed by atoms with Crippen LogP contribution in [0.25, 0.3) is 0 Å². The van der Waals surface area contributed by atoms with Gasteiger partial charge in [0, 0.05) is 5.56 Å². The summed E-state index contributed by atoms with van der Waals surface area (Å²) in [4.78, 5) is 16.2. The third-order valence-corrected chi connectivity index (χ3v) is 5.30. The molecule has 0 aromatic heterocycles. The van der Waals surface area contributed by atoms with E-state index in [0.29, 0.717) is 5.56 Å². The van der Waals surface area contributed by atoms with Gasteiger partial charge in [0.05, 0.1) is 17.9 Å². The van der Waals surface area contributed by atoms with Crippen LogP contribution in [0.2, 0.25) is 0 Å². The van der Waals surface area contributed by atoms with Crippen LogP contribution < -0.4 is 4.72 Å². The lowest BCUT2D eigenvalue weighted by molar-refractivity contribution is -0.144. The minimum absolute atomic E-state index is 0.0826. The molecule has 0 atom stereocenters. The predicted octanol–water partition coefficient (Wildman–Crippen LogP) is 2.17. The first-order valence-electron chi connectivity index (χ1n) is 7.84. The second-order valence-corrected chi connectivity index (χ2v) is 7.32. The second-order valence-electron chi connectivity index (χ2n) is 5.67. The predicted molar refractivity (Wildman–Crippen MR) is 93.8 cm³/mol. The molecule has 7 heteroatoms. The molecule has 0 saturated carbocycles. The Labute approximate surface area is 146 Å². The minimum Gasteiger partial charge on any atom is -0.461 e.